The number of carbonyl (C=O) groups excluding carboxylic acids is 1. The van der Waals surface area contributed by atoms with Crippen LogP contribution in [0.2, 0.25) is 0 Å². The number of rotatable bonds is 5. The number of hydrogen-bond donors (Lipinski definition) is 0. The van der Waals surface area contributed by atoms with Crippen LogP contribution in [0, 0.1) is 0 Å². The average Bonchev–Trinajstić information content (AvgIpc) is 2.39. The van der Waals surface area contributed by atoms with Gasteiger partial charge in [0.25, 0.3) is 0 Å². The molecule has 0 heterocycles. The van der Waals surface area contributed by atoms with Crippen LogP contribution in [0.3, 0.4) is 0 Å². The van der Waals surface area contributed by atoms with Gasteiger partial charge in [-0.25, -0.2) is 4.79 Å². The van der Waals surface area contributed by atoms with Gasteiger partial charge in [-0.3, -0.25) is 0 Å². The van der Waals surface area contributed by atoms with Crippen molar-refractivity contribution in [1.82, 2.24) is 0 Å². The van der Waals surface area contributed by atoms with Crippen LogP contribution in [0.4, 0.5) is 0 Å². The van der Waals surface area contributed by atoms with Gasteiger partial charge in [-0.2, -0.15) is 0 Å². The maximum Gasteiger partial charge on any atom is 0.417 e. The molecule has 0 atom stereocenters. The lowest BCUT2D eigenvalue weighted by Crippen LogP contribution is -1.90. The van der Waals surface area contributed by atoms with Crippen molar-refractivity contribution >= 4 is 6.47 Å². The van der Waals surface area contributed by atoms with Gasteiger partial charge in [0.05, 0.1) is 0 Å². The summed E-state index contributed by atoms with van der Waals surface area (Å²) in [5.74, 6) is 1.53. The molecule has 2 aromatic rings. The molecular weight excluding hydrogens is 216 g/mol. The van der Waals surface area contributed by atoms with Crippen molar-refractivity contribution < 1.29 is 14.3 Å². The van der Waals surface area contributed by atoms with Gasteiger partial charge in [-0.1, -0.05) is 30.3 Å². The first-order chi connectivity index (χ1) is 8.38. The van der Waals surface area contributed by atoms with E-state index in [1.54, 1.807) is 0 Å². The molecular formula is C14H11O3. The molecule has 0 spiro atoms. The lowest BCUT2D eigenvalue weighted by molar-refractivity contribution is 0.267. The number of ether oxygens (including phenoxy) is 2. The summed E-state index contributed by atoms with van der Waals surface area (Å²) < 4.78 is 10.2. The van der Waals surface area contributed by atoms with Gasteiger partial charge in [0.1, 0.15) is 18.1 Å². The third-order valence-corrected chi connectivity index (χ3v) is 2.20. The maximum atomic E-state index is 9.91. The van der Waals surface area contributed by atoms with E-state index in [1.807, 2.05) is 54.6 Å². The zero-order valence-corrected chi connectivity index (χ0v) is 9.13. The topological polar surface area (TPSA) is 35.5 Å². The fourth-order valence-electron chi connectivity index (χ4n) is 1.39. The molecule has 3 heteroatoms. The summed E-state index contributed by atoms with van der Waals surface area (Å²) in [4.78, 5) is 9.91. The van der Waals surface area contributed by atoms with Crippen molar-refractivity contribution in [3.8, 4) is 11.5 Å². The van der Waals surface area contributed by atoms with Crippen molar-refractivity contribution in [2.75, 3.05) is 0 Å². The van der Waals surface area contributed by atoms with E-state index >= 15 is 0 Å². The Balaban J connectivity index is 2.01. The fourth-order valence-corrected chi connectivity index (χ4v) is 1.39. The van der Waals surface area contributed by atoms with E-state index in [0.717, 1.165) is 17.1 Å². The second kappa shape index (κ2) is 5.70. The van der Waals surface area contributed by atoms with Gasteiger partial charge in [-0.15, -0.1) is 0 Å². The largest absolute Gasteiger partial charge is 0.457 e. The molecule has 0 amide bonds. The molecule has 2 rings (SSSR count). The van der Waals surface area contributed by atoms with Crippen molar-refractivity contribution in [3.63, 3.8) is 0 Å². The molecule has 3 nitrogen and oxygen atoms in total. The van der Waals surface area contributed by atoms with Crippen molar-refractivity contribution in [2.24, 2.45) is 0 Å². The summed E-state index contributed by atoms with van der Waals surface area (Å²) in [7, 11) is 0. The first-order valence-electron chi connectivity index (χ1n) is 5.19. The van der Waals surface area contributed by atoms with Crippen LogP contribution < -0.4 is 4.74 Å². The predicted octanol–water partition coefficient (Wildman–Crippen LogP) is 3.06. The van der Waals surface area contributed by atoms with Gasteiger partial charge >= 0.3 is 6.47 Å². The Morgan fingerprint density at radius 2 is 1.53 bits per heavy atom. The van der Waals surface area contributed by atoms with Crippen molar-refractivity contribution in [1.29, 1.82) is 0 Å². The van der Waals surface area contributed by atoms with Gasteiger partial charge in [0.15, 0.2) is 0 Å². The second-order valence-electron chi connectivity index (χ2n) is 3.43. The molecule has 17 heavy (non-hydrogen) atoms. The van der Waals surface area contributed by atoms with E-state index in [0.29, 0.717) is 0 Å². The summed E-state index contributed by atoms with van der Waals surface area (Å²) in [6.07, 6.45) is 0. The first kappa shape index (κ1) is 11.2. The van der Waals surface area contributed by atoms with Crippen LogP contribution in [0.5, 0.6) is 11.5 Å². The van der Waals surface area contributed by atoms with E-state index in [9.17, 15) is 4.79 Å². The molecule has 0 saturated carbocycles. The highest BCUT2D eigenvalue weighted by molar-refractivity contribution is 5.39. The van der Waals surface area contributed by atoms with Gasteiger partial charge in [-0.05, 0) is 29.8 Å². The Morgan fingerprint density at radius 1 is 0.882 bits per heavy atom. The van der Waals surface area contributed by atoms with Crippen LogP contribution in [-0.4, -0.2) is 6.47 Å². The van der Waals surface area contributed by atoms with Crippen LogP contribution >= 0.6 is 0 Å². The Kier molecular flexibility index (Phi) is 3.76. The SMILES string of the molecule is O=[C]OCc1ccc(Oc2ccccc2)cc1. The normalized spacial score (nSPS) is 9.65. The predicted molar refractivity (Wildman–Crippen MR) is 63.4 cm³/mol. The second-order valence-corrected chi connectivity index (χ2v) is 3.43. The molecule has 0 aromatic heterocycles. The third-order valence-electron chi connectivity index (χ3n) is 2.20. The van der Waals surface area contributed by atoms with E-state index in [-0.39, 0.29) is 6.61 Å². The first-order valence-corrected chi connectivity index (χ1v) is 5.19. The molecule has 0 aliphatic carbocycles. The molecule has 2 aromatic carbocycles. The minimum absolute atomic E-state index is 0.231. The lowest BCUT2D eigenvalue weighted by Gasteiger charge is -2.06. The van der Waals surface area contributed by atoms with E-state index in [4.69, 9.17) is 4.74 Å². The number of para-hydroxylation sites is 1. The Hall–Kier alpha value is -2.29. The number of benzene rings is 2. The monoisotopic (exact) mass is 227 g/mol. The van der Waals surface area contributed by atoms with Crippen molar-refractivity contribution in [3.05, 3.63) is 60.2 Å². The zero-order valence-electron chi connectivity index (χ0n) is 9.13. The molecule has 0 aliphatic rings. The molecule has 0 unspecified atom stereocenters. The van der Waals surface area contributed by atoms with Gasteiger partial charge in [0.2, 0.25) is 0 Å². The summed E-state index contributed by atoms with van der Waals surface area (Å²) in [5, 5.41) is 0. The Morgan fingerprint density at radius 3 is 2.18 bits per heavy atom. The lowest BCUT2D eigenvalue weighted by atomic mass is 10.2. The Labute approximate surface area is 99.6 Å². The third kappa shape index (κ3) is 3.34. The van der Waals surface area contributed by atoms with Gasteiger partial charge < -0.3 is 9.47 Å². The molecule has 0 N–H and O–H groups in total. The smallest absolute Gasteiger partial charge is 0.417 e. The standard InChI is InChI=1S/C14H11O3/c15-11-16-10-12-6-8-14(9-7-12)17-13-4-2-1-3-5-13/h1-9H,10H2. The van der Waals surface area contributed by atoms with Crippen LogP contribution in [-0.2, 0) is 16.1 Å². The highest BCUT2D eigenvalue weighted by atomic mass is 16.5. The molecule has 0 bridgehead atoms. The van der Waals surface area contributed by atoms with Crippen LogP contribution in [0.15, 0.2) is 54.6 Å². The Bertz CT molecular complexity index is 463. The zero-order chi connectivity index (χ0) is 11.9. The molecule has 0 aliphatic heterocycles. The highest BCUT2D eigenvalue weighted by Gasteiger charge is 1.97. The summed E-state index contributed by atoms with van der Waals surface area (Å²) in [6, 6.07) is 16.9. The van der Waals surface area contributed by atoms with E-state index in [1.165, 1.54) is 6.47 Å². The average molecular weight is 227 g/mol. The van der Waals surface area contributed by atoms with Crippen LogP contribution in [0.1, 0.15) is 5.56 Å². The molecule has 85 valence electrons. The molecule has 1 radical (unpaired) electrons. The highest BCUT2D eigenvalue weighted by Crippen LogP contribution is 2.21. The van der Waals surface area contributed by atoms with Crippen LogP contribution in [0.25, 0.3) is 0 Å². The summed E-state index contributed by atoms with van der Waals surface area (Å²) in [6.45, 7) is 1.62. The molecule has 0 fully saturated rings. The summed E-state index contributed by atoms with van der Waals surface area (Å²) >= 11 is 0. The molecule has 0 saturated heterocycles. The quantitative estimate of drug-likeness (QED) is 0.787. The maximum absolute atomic E-state index is 9.91. The summed E-state index contributed by atoms with van der Waals surface area (Å²) in [5.41, 5.74) is 0.897. The van der Waals surface area contributed by atoms with Gasteiger partial charge in [0, 0.05) is 0 Å². The minimum atomic E-state index is 0.231. The van der Waals surface area contributed by atoms with E-state index in [2.05, 4.69) is 4.74 Å². The van der Waals surface area contributed by atoms with Crippen molar-refractivity contribution in [2.45, 2.75) is 6.61 Å². The minimum Gasteiger partial charge on any atom is -0.457 e. The van der Waals surface area contributed by atoms with E-state index < -0.39 is 0 Å². The fraction of sp³-hybridized carbons (Fsp3) is 0.0714. The number of hydrogen-bond acceptors (Lipinski definition) is 3.